The number of allylic oxidation sites excluding steroid dienone is 1. The van der Waals surface area contributed by atoms with E-state index >= 15 is 0 Å². The fraction of sp³-hybridized carbons (Fsp3) is 0.474. The van der Waals surface area contributed by atoms with Gasteiger partial charge in [0.2, 0.25) is 11.8 Å². The molecule has 0 radical (unpaired) electrons. The van der Waals surface area contributed by atoms with Gasteiger partial charge in [-0.1, -0.05) is 56.3 Å². The zero-order valence-corrected chi connectivity index (χ0v) is 15.7. The number of hydroxylamine groups is 1. The largest absolute Gasteiger partial charge is 0.389 e. The van der Waals surface area contributed by atoms with E-state index in [1.807, 2.05) is 5.43 Å². The first-order valence-electron chi connectivity index (χ1n) is 8.83. The van der Waals surface area contributed by atoms with Crippen molar-refractivity contribution in [3.8, 4) is 0 Å². The lowest BCUT2D eigenvalue weighted by Crippen LogP contribution is -2.47. The molecule has 1 unspecified atom stereocenters. The average molecular weight is 401 g/mol. The molecule has 0 fully saturated rings. The number of hydrazine groups is 1. The highest BCUT2D eigenvalue weighted by Gasteiger charge is 2.43. The van der Waals surface area contributed by atoms with Gasteiger partial charge in [0, 0.05) is 0 Å². The molecule has 1 aromatic rings. The first-order valence-corrected chi connectivity index (χ1v) is 8.83. The van der Waals surface area contributed by atoms with Crippen LogP contribution in [0.2, 0.25) is 0 Å². The van der Waals surface area contributed by atoms with Gasteiger partial charge in [0.05, 0.1) is 18.3 Å². The summed E-state index contributed by atoms with van der Waals surface area (Å²) in [4.78, 5) is 24.6. The highest BCUT2D eigenvalue weighted by molar-refractivity contribution is 5.87. The fourth-order valence-electron chi connectivity index (χ4n) is 3.16. The number of nitrogens with two attached hydrogens (primary N) is 1. The van der Waals surface area contributed by atoms with Crippen molar-refractivity contribution < 1.29 is 28.0 Å². The van der Waals surface area contributed by atoms with Crippen LogP contribution in [0.4, 0.5) is 13.2 Å². The number of carbonyl (C=O) groups excluding carboxylic acids is 2. The number of hydrogen-bond acceptors (Lipinski definition) is 4. The molecule has 0 heterocycles. The second-order valence-corrected chi connectivity index (χ2v) is 7.00. The lowest BCUT2D eigenvalue weighted by atomic mass is 9.75. The minimum Gasteiger partial charge on any atom is -0.294 e. The number of halogens is 3. The summed E-state index contributed by atoms with van der Waals surface area (Å²) in [7, 11) is 0. The van der Waals surface area contributed by atoms with Gasteiger partial charge >= 0.3 is 6.18 Å². The molecule has 0 spiro atoms. The van der Waals surface area contributed by atoms with Crippen molar-refractivity contribution in [3.05, 3.63) is 42.0 Å². The number of nitrogens with one attached hydrogen (secondary N) is 2. The molecular formula is C19H26F3N3O3. The van der Waals surface area contributed by atoms with Crippen LogP contribution < -0.4 is 16.7 Å². The van der Waals surface area contributed by atoms with Gasteiger partial charge in [-0.25, -0.2) is 11.3 Å². The maximum Gasteiger partial charge on any atom is 0.389 e. The van der Waals surface area contributed by atoms with Crippen molar-refractivity contribution in [2.45, 2.75) is 32.9 Å². The zero-order valence-electron chi connectivity index (χ0n) is 15.7. The molecule has 0 aliphatic heterocycles. The number of carbonyl (C=O) groups is 2. The summed E-state index contributed by atoms with van der Waals surface area (Å²) in [6, 6.07) is 8.59. The van der Waals surface area contributed by atoms with E-state index in [1.54, 1.807) is 44.2 Å². The lowest BCUT2D eigenvalue weighted by molar-refractivity contribution is -0.156. The van der Waals surface area contributed by atoms with Crippen molar-refractivity contribution in [2.24, 2.45) is 29.5 Å². The molecule has 6 nitrogen and oxygen atoms in total. The summed E-state index contributed by atoms with van der Waals surface area (Å²) in [6.07, 6.45) is -3.09. The molecule has 1 aromatic carbocycles. The van der Waals surface area contributed by atoms with Gasteiger partial charge in [-0.05, 0) is 23.8 Å². The topological polar surface area (TPSA) is 104 Å². The normalized spacial score (nSPS) is 15.3. The van der Waals surface area contributed by atoms with E-state index in [4.69, 9.17) is 11.0 Å². The lowest BCUT2D eigenvalue weighted by Gasteiger charge is -2.31. The Kier molecular flexibility index (Phi) is 9.14. The third-order valence-corrected chi connectivity index (χ3v) is 4.31. The number of hydrogen-bond donors (Lipinski definition) is 4. The molecule has 0 saturated carbocycles. The molecule has 0 bridgehead atoms. The Balaban J connectivity index is 3.37. The van der Waals surface area contributed by atoms with E-state index in [1.165, 1.54) is 17.6 Å². The number of amides is 2. The zero-order chi connectivity index (χ0) is 21.3. The molecule has 0 aliphatic carbocycles. The second-order valence-electron chi connectivity index (χ2n) is 7.00. The Morgan fingerprint density at radius 3 is 2.25 bits per heavy atom. The van der Waals surface area contributed by atoms with Crippen molar-refractivity contribution in [2.75, 3.05) is 0 Å². The van der Waals surface area contributed by atoms with Gasteiger partial charge < -0.3 is 0 Å². The van der Waals surface area contributed by atoms with Crippen LogP contribution in [0.15, 0.2) is 36.4 Å². The fourth-order valence-corrected chi connectivity index (χ4v) is 3.16. The van der Waals surface area contributed by atoms with Gasteiger partial charge in [-0.2, -0.15) is 13.2 Å². The van der Waals surface area contributed by atoms with Gasteiger partial charge in [-0.15, -0.1) is 0 Å². The van der Waals surface area contributed by atoms with Crippen LogP contribution in [-0.4, -0.2) is 23.2 Å². The van der Waals surface area contributed by atoms with E-state index < -0.39 is 42.2 Å². The summed E-state index contributed by atoms with van der Waals surface area (Å²) < 4.78 is 39.6. The number of benzene rings is 1. The van der Waals surface area contributed by atoms with Crippen molar-refractivity contribution in [1.29, 1.82) is 0 Å². The molecule has 5 N–H and O–H groups in total. The third-order valence-electron chi connectivity index (χ3n) is 4.31. The average Bonchev–Trinajstić information content (AvgIpc) is 2.63. The van der Waals surface area contributed by atoms with E-state index in [-0.39, 0.29) is 12.3 Å². The molecule has 2 amide bonds. The number of rotatable bonds is 9. The Morgan fingerprint density at radius 2 is 1.79 bits per heavy atom. The SMILES string of the molecule is CC(C)C[C@@H](C(=O)NN)[C@@H](C(=O)NO)C(/C=C/c1ccccc1)CC(F)(F)F. The van der Waals surface area contributed by atoms with Crippen LogP contribution in [0.5, 0.6) is 0 Å². The van der Waals surface area contributed by atoms with E-state index in [2.05, 4.69) is 0 Å². The minimum atomic E-state index is -4.58. The predicted molar refractivity (Wildman–Crippen MR) is 98.3 cm³/mol. The summed E-state index contributed by atoms with van der Waals surface area (Å²) in [5, 5.41) is 9.11. The molecule has 3 atom stereocenters. The quantitative estimate of drug-likeness (QED) is 0.221. The molecule has 28 heavy (non-hydrogen) atoms. The number of alkyl halides is 3. The van der Waals surface area contributed by atoms with Gasteiger partial charge in [-0.3, -0.25) is 20.2 Å². The highest BCUT2D eigenvalue weighted by Crippen LogP contribution is 2.36. The molecule has 0 aliphatic rings. The van der Waals surface area contributed by atoms with Crippen molar-refractivity contribution in [3.63, 3.8) is 0 Å². The minimum absolute atomic E-state index is 0.0964. The second kappa shape index (κ2) is 10.8. The molecule has 0 aromatic heterocycles. The van der Waals surface area contributed by atoms with Crippen LogP contribution in [0, 0.1) is 23.7 Å². The van der Waals surface area contributed by atoms with Crippen LogP contribution in [0.3, 0.4) is 0 Å². The summed E-state index contributed by atoms with van der Waals surface area (Å²) >= 11 is 0. The Hall–Kier alpha value is -2.39. The molecule has 9 heteroatoms. The van der Waals surface area contributed by atoms with Crippen LogP contribution in [0.1, 0.15) is 32.3 Å². The Morgan fingerprint density at radius 1 is 1.18 bits per heavy atom. The first kappa shape index (κ1) is 23.6. The van der Waals surface area contributed by atoms with Crippen LogP contribution in [0.25, 0.3) is 6.08 Å². The monoisotopic (exact) mass is 401 g/mol. The predicted octanol–water partition coefficient (Wildman–Crippen LogP) is 3.04. The first-order chi connectivity index (χ1) is 13.1. The Bertz CT molecular complexity index is 663. The third kappa shape index (κ3) is 7.69. The van der Waals surface area contributed by atoms with Crippen molar-refractivity contribution in [1.82, 2.24) is 10.9 Å². The van der Waals surface area contributed by atoms with Gasteiger partial charge in [0.1, 0.15) is 0 Å². The van der Waals surface area contributed by atoms with Gasteiger partial charge in [0.25, 0.3) is 0 Å². The maximum absolute atomic E-state index is 13.2. The summed E-state index contributed by atoms with van der Waals surface area (Å²) in [5.41, 5.74) is 3.96. The molecule has 156 valence electrons. The van der Waals surface area contributed by atoms with E-state index in [9.17, 15) is 22.8 Å². The summed E-state index contributed by atoms with van der Waals surface area (Å²) in [5.74, 6) is -0.730. The standard InChI is InChI=1S/C19H26F3N3O3/c1-12(2)10-15(17(26)24-23)16(18(27)25-28)14(11-19(20,21)22)9-8-13-6-4-3-5-7-13/h3-9,12,14-16,28H,10-11,23H2,1-2H3,(H,24,26)(H,25,27)/b9-8+/t14?,15-,16+/m1/s1. The molecule has 0 saturated heterocycles. The van der Waals surface area contributed by atoms with Crippen LogP contribution in [-0.2, 0) is 9.59 Å². The molecular weight excluding hydrogens is 375 g/mol. The highest BCUT2D eigenvalue weighted by atomic mass is 19.4. The molecule has 1 rings (SSSR count). The summed E-state index contributed by atoms with van der Waals surface area (Å²) in [6.45, 7) is 3.53. The van der Waals surface area contributed by atoms with Gasteiger partial charge in [0.15, 0.2) is 0 Å². The van der Waals surface area contributed by atoms with Crippen LogP contribution >= 0.6 is 0 Å². The maximum atomic E-state index is 13.2. The smallest absolute Gasteiger partial charge is 0.294 e. The van der Waals surface area contributed by atoms with E-state index in [0.29, 0.717) is 5.56 Å². The Labute approximate surface area is 161 Å². The van der Waals surface area contributed by atoms with Crippen molar-refractivity contribution >= 4 is 17.9 Å². The van der Waals surface area contributed by atoms with E-state index in [0.717, 1.165) is 0 Å².